The summed E-state index contributed by atoms with van der Waals surface area (Å²) in [4.78, 5) is 64.5. The molecule has 2 heterocycles. The Balaban J connectivity index is 1.87. The summed E-state index contributed by atoms with van der Waals surface area (Å²) in [6.45, 7) is 4.48. The smallest absolute Gasteiger partial charge is 0.342 e. The number of hydrogen-bond acceptors (Lipinski definition) is 9. The molecule has 30 heavy (non-hydrogen) atoms. The van der Waals surface area contributed by atoms with Gasteiger partial charge in [0.2, 0.25) is 5.78 Å². The van der Waals surface area contributed by atoms with Crippen LogP contribution in [-0.4, -0.2) is 47.5 Å². The highest BCUT2D eigenvalue weighted by Gasteiger charge is 2.40. The Labute approximate surface area is 171 Å². The summed E-state index contributed by atoms with van der Waals surface area (Å²) in [6.07, 6.45) is 1.32. The molecule has 0 aliphatic heterocycles. The van der Waals surface area contributed by atoms with Gasteiger partial charge in [-0.05, 0) is 32.4 Å². The van der Waals surface area contributed by atoms with E-state index in [-0.39, 0.29) is 65.7 Å². The molecule has 0 saturated heterocycles. The van der Waals surface area contributed by atoms with E-state index in [1.165, 1.54) is 26.1 Å². The average Bonchev–Trinajstić information content (AvgIpc) is 3.03. The number of Topliss-reactive ketones (excluding diaryl/α,β-unsaturated/α-hetero) is 1. The maximum absolute atomic E-state index is 13.1. The largest absolute Gasteiger partial charge is 0.465 e. The van der Waals surface area contributed by atoms with Gasteiger partial charge in [0.05, 0.1) is 24.3 Å². The van der Waals surface area contributed by atoms with Crippen molar-refractivity contribution < 1.29 is 37.9 Å². The van der Waals surface area contributed by atoms with Crippen LogP contribution in [0, 0.1) is 6.92 Å². The van der Waals surface area contributed by atoms with Gasteiger partial charge in [0.15, 0.2) is 11.5 Å². The molecule has 0 aromatic carbocycles. The van der Waals surface area contributed by atoms with Crippen molar-refractivity contribution in [3.63, 3.8) is 0 Å². The van der Waals surface area contributed by atoms with E-state index in [1.807, 2.05) is 0 Å². The predicted octanol–water partition coefficient (Wildman–Crippen LogP) is 2.00. The molecule has 1 aliphatic rings. The van der Waals surface area contributed by atoms with Gasteiger partial charge >= 0.3 is 11.9 Å². The third kappa shape index (κ3) is 3.91. The Hall–Kier alpha value is -3.62. The lowest BCUT2D eigenvalue weighted by Gasteiger charge is -2.14. The molecule has 9 heteroatoms. The van der Waals surface area contributed by atoms with Crippen LogP contribution in [-0.2, 0) is 25.5 Å². The maximum Gasteiger partial charge on any atom is 0.342 e. The first-order chi connectivity index (χ1) is 14.2. The van der Waals surface area contributed by atoms with Crippen molar-refractivity contribution in [2.75, 3.05) is 13.2 Å². The van der Waals surface area contributed by atoms with E-state index in [0.29, 0.717) is 5.56 Å². The molecule has 0 amide bonds. The molecule has 0 fully saturated rings. The second-order valence-electron chi connectivity index (χ2n) is 6.71. The molecule has 2 aromatic rings. The molecule has 0 saturated carbocycles. The average molecular weight is 413 g/mol. The third-order valence-corrected chi connectivity index (χ3v) is 4.45. The number of rotatable bonds is 7. The summed E-state index contributed by atoms with van der Waals surface area (Å²) in [6, 6.07) is 1.47. The van der Waals surface area contributed by atoms with Crippen molar-refractivity contribution >= 4 is 29.3 Å². The van der Waals surface area contributed by atoms with Crippen LogP contribution in [0.5, 0.6) is 0 Å². The van der Waals surface area contributed by atoms with Crippen LogP contribution in [0.4, 0.5) is 0 Å². The van der Waals surface area contributed by atoms with Gasteiger partial charge in [0.25, 0.3) is 0 Å². The van der Waals surface area contributed by atoms with Crippen LogP contribution in [0.25, 0.3) is 0 Å². The molecule has 0 spiro atoms. The number of esters is 2. The molecule has 0 bridgehead atoms. The van der Waals surface area contributed by atoms with Gasteiger partial charge in [-0.25, -0.2) is 4.79 Å². The number of hydrogen-bond donors (Lipinski definition) is 0. The van der Waals surface area contributed by atoms with Gasteiger partial charge in [0, 0.05) is 12.6 Å². The van der Waals surface area contributed by atoms with E-state index in [4.69, 9.17) is 13.9 Å². The number of carbonyl (C=O) groups excluding carboxylic acids is 5. The molecule has 1 aliphatic carbocycles. The minimum absolute atomic E-state index is 0.0150. The fourth-order valence-electron chi connectivity index (χ4n) is 3.15. The van der Waals surface area contributed by atoms with Gasteiger partial charge in [-0.1, -0.05) is 0 Å². The number of ether oxygens (including phenoxy) is 2. The Morgan fingerprint density at radius 3 is 2.53 bits per heavy atom. The van der Waals surface area contributed by atoms with Crippen molar-refractivity contribution in [3.05, 3.63) is 51.7 Å². The first-order valence-electron chi connectivity index (χ1n) is 9.28. The number of nitrogens with zero attached hydrogens (tertiary/aromatic N) is 1. The van der Waals surface area contributed by atoms with Gasteiger partial charge in [-0.15, -0.1) is 0 Å². The van der Waals surface area contributed by atoms with Crippen molar-refractivity contribution in [3.8, 4) is 0 Å². The Morgan fingerprint density at radius 2 is 1.87 bits per heavy atom. The molecule has 0 atom stereocenters. The summed E-state index contributed by atoms with van der Waals surface area (Å²) >= 11 is 0. The standard InChI is InChI=1S/C21H19NO8/c1-4-28-21(27)15-11(3)30-20-16(15)18(25)13-8-12(9-22-17(13)19(20)26)5-6-29-14(24)7-10(2)23/h8-9H,4-7H2,1-3H3. The van der Waals surface area contributed by atoms with E-state index in [0.717, 1.165) is 0 Å². The normalized spacial score (nSPS) is 12.2. The van der Waals surface area contributed by atoms with E-state index < -0.39 is 23.5 Å². The van der Waals surface area contributed by atoms with Crippen LogP contribution in [0.15, 0.2) is 16.7 Å². The minimum Gasteiger partial charge on any atom is -0.465 e. The Morgan fingerprint density at radius 1 is 1.13 bits per heavy atom. The fraction of sp³-hybridized carbons (Fsp3) is 0.333. The molecule has 0 unspecified atom stereocenters. The first kappa shape index (κ1) is 21.1. The lowest BCUT2D eigenvalue weighted by molar-refractivity contribution is -0.145. The van der Waals surface area contributed by atoms with Crippen molar-refractivity contribution in [1.29, 1.82) is 0 Å². The number of ketones is 3. The lowest BCUT2D eigenvalue weighted by atomic mass is 9.88. The summed E-state index contributed by atoms with van der Waals surface area (Å²) in [7, 11) is 0. The van der Waals surface area contributed by atoms with Crippen LogP contribution in [0.2, 0.25) is 0 Å². The molecular formula is C21H19NO8. The first-order valence-corrected chi connectivity index (χ1v) is 9.28. The maximum atomic E-state index is 13.1. The molecular weight excluding hydrogens is 394 g/mol. The minimum atomic E-state index is -0.744. The second-order valence-corrected chi connectivity index (χ2v) is 6.71. The molecule has 0 N–H and O–H groups in total. The van der Waals surface area contributed by atoms with Crippen molar-refractivity contribution in [2.45, 2.75) is 33.6 Å². The van der Waals surface area contributed by atoms with Crippen LogP contribution >= 0.6 is 0 Å². The van der Waals surface area contributed by atoms with Crippen LogP contribution in [0.3, 0.4) is 0 Å². The fourth-order valence-corrected chi connectivity index (χ4v) is 3.15. The zero-order chi connectivity index (χ0) is 22.0. The SMILES string of the molecule is CCOC(=O)c1c(C)oc2c1C(=O)c1cc(CCOC(=O)CC(C)=O)cnc1C2=O. The summed E-state index contributed by atoms with van der Waals surface area (Å²) in [5.41, 5.74) is 0.307. The van der Waals surface area contributed by atoms with E-state index >= 15 is 0 Å². The van der Waals surface area contributed by atoms with Crippen LogP contribution < -0.4 is 0 Å². The molecule has 0 radical (unpaired) electrons. The quantitative estimate of drug-likeness (QED) is 0.421. The highest BCUT2D eigenvalue weighted by atomic mass is 16.5. The number of aryl methyl sites for hydroxylation is 1. The van der Waals surface area contributed by atoms with Crippen molar-refractivity contribution in [1.82, 2.24) is 4.98 Å². The van der Waals surface area contributed by atoms with Gasteiger partial charge in [-0.2, -0.15) is 0 Å². The Kier molecular flexibility index (Phi) is 5.91. The second kappa shape index (κ2) is 8.40. The van der Waals surface area contributed by atoms with Crippen molar-refractivity contribution in [2.24, 2.45) is 0 Å². The lowest BCUT2D eigenvalue weighted by Crippen LogP contribution is -2.23. The highest BCUT2D eigenvalue weighted by Crippen LogP contribution is 2.33. The van der Waals surface area contributed by atoms with Gasteiger partial charge in [0.1, 0.15) is 29.2 Å². The van der Waals surface area contributed by atoms with Gasteiger partial charge < -0.3 is 13.9 Å². The summed E-state index contributed by atoms with van der Waals surface area (Å²) in [5.74, 6) is -2.97. The van der Waals surface area contributed by atoms with E-state index in [9.17, 15) is 24.0 Å². The third-order valence-electron chi connectivity index (χ3n) is 4.45. The van der Waals surface area contributed by atoms with Gasteiger partial charge in [-0.3, -0.25) is 24.2 Å². The number of carbonyl (C=O) groups is 5. The number of aromatic nitrogens is 1. The molecule has 9 nitrogen and oxygen atoms in total. The topological polar surface area (TPSA) is 130 Å². The van der Waals surface area contributed by atoms with Crippen LogP contribution in [0.1, 0.15) is 74.1 Å². The van der Waals surface area contributed by atoms with E-state index in [1.54, 1.807) is 6.92 Å². The molecule has 2 aromatic heterocycles. The zero-order valence-electron chi connectivity index (χ0n) is 16.7. The Bertz CT molecular complexity index is 1080. The predicted molar refractivity (Wildman–Crippen MR) is 100 cm³/mol. The number of fused-ring (bicyclic) bond motifs is 2. The number of pyridine rings is 1. The summed E-state index contributed by atoms with van der Waals surface area (Å²) in [5, 5.41) is 0. The van der Waals surface area contributed by atoms with E-state index in [2.05, 4.69) is 4.98 Å². The monoisotopic (exact) mass is 413 g/mol. The number of furan rings is 1. The highest BCUT2D eigenvalue weighted by molar-refractivity contribution is 6.29. The molecule has 156 valence electrons. The molecule has 3 rings (SSSR count). The summed E-state index contributed by atoms with van der Waals surface area (Å²) < 4.78 is 15.4. The zero-order valence-corrected chi connectivity index (χ0v) is 16.7.